The molecule has 2 aromatic rings. The molecule has 0 aliphatic heterocycles. The van der Waals surface area contributed by atoms with Crippen molar-refractivity contribution in [3.05, 3.63) is 36.7 Å². The zero-order valence-electron chi connectivity index (χ0n) is 11.4. The molecular weight excluding hydrogens is 294 g/mol. The van der Waals surface area contributed by atoms with E-state index in [4.69, 9.17) is 4.74 Å². The lowest BCUT2D eigenvalue weighted by atomic mass is 10.3. The molecule has 9 heteroatoms. The lowest BCUT2D eigenvalue weighted by Crippen LogP contribution is -2.16. The number of sulfonamides is 1. The van der Waals surface area contributed by atoms with Crippen LogP contribution in [0.2, 0.25) is 0 Å². The van der Waals surface area contributed by atoms with Gasteiger partial charge in [-0.1, -0.05) is 0 Å². The summed E-state index contributed by atoms with van der Waals surface area (Å²) >= 11 is 0. The fourth-order valence-electron chi connectivity index (χ4n) is 1.46. The topological polar surface area (TPSA) is 106 Å². The summed E-state index contributed by atoms with van der Waals surface area (Å²) in [5.41, 5.74) is 0. The molecule has 112 valence electrons. The molecule has 21 heavy (non-hydrogen) atoms. The molecule has 2 rings (SSSR count). The Labute approximate surface area is 122 Å². The van der Waals surface area contributed by atoms with Crippen LogP contribution in [0, 0.1) is 0 Å². The van der Waals surface area contributed by atoms with E-state index in [0.29, 0.717) is 18.9 Å². The first kappa shape index (κ1) is 15.1. The van der Waals surface area contributed by atoms with Gasteiger partial charge in [-0.25, -0.2) is 18.1 Å². The Bertz CT molecular complexity index is 661. The lowest BCUT2D eigenvalue weighted by molar-refractivity contribution is 0.318. The number of nitrogens with one attached hydrogen (secondary N) is 2. The summed E-state index contributed by atoms with van der Waals surface area (Å²) in [7, 11) is -1.91. The van der Waals surface area contributed by atoms with Crippen LogP contribution in [-0.4, -0.2) is 43.8 Å². The molecular formula is C12H15N5O3S. The predicted molar refractivity (Wildman–Crippen MR) is 76.5 cm³/mol. The van der Waals surface area contributed by atoms with E-state index in [2.05, 4.69) is 25.2 Å². The smallest absolute Gasteiger partial charge is 0.264 e. The Morgan fingerprint density at radius 3 is 2.57 bits per heavy atom. The molecule has 0 atom stereocenters. The molecule has 2 N–H and O–H groups in total. The van der Waals surface area contributed by atoms with E-state index in [1.54, 1.807) is 12.1 Å². The molecule has 0 aliphatic rings. The number of rotatable bonds is 7. The standard InChI is InChI=1S/C12H15N5O3S/c1-13-8-9-20-10-2-4-11(5-3-10)21(18,19)17-12-14-6-7-15-16-12/h2-7,13H,8-9H2,1H3,(H,14,16,17). The lowest BCUT2D eigenvalue weighted by Gasteiger charge is -2.08. The first-order chi connectivity index (χ1) is 10.1. The van der Waals surface area contributed by atoms with Crippen LogP contribution in [-0.2, 0) is 10.0 Å². The van der Waals surface area contributed by atoms with Gasteiger partial charge in [0.15, 0.2) is 0 Å². The van der Waals surface area contributed by atoms with Crippen molar-refractivity contribution >= 4 is 16.0 Å². The normalized spacial score (nSPS) is 11.1. The zero-order chi connectivity index (χ0) is 15.1. The van der Waals surface area contributed by atoms with Gasteiger partial charge in [-0.3, -0.25) is 0 Å². The van der Waals surface area contributed by atoms with Crippen LogP contribution in [0.15, 0.2) is 41.6 Å². The molecule has 1 heterocycles. The quantitative estimate of drug-likeness (QED) is 0.707. The summed E-state index contributed by atoms with van der Waals surface area (Å²) in [6.07, 6.45) is 2.71. The molecule has 8 nitrogen and oxygen atoms in total. The molecule has 0 amide bonds. The maximum Gasteiger partial charge on any atom is 0.264 e. The maximum absolute atomic E-state index is 12.1. The molecule has 0 saturated heterocycles. The second-order valence-corrected chi connectivity index (χ2v) is 5.68. The van der Waals surface area contributed by atoms with Crippen molar-refractivity contribution in [3.63, 3.8) is 0 Å². The number of ether oxygens (including phenoxy) is 1. The van der Waals surface area contributed by atoms with Crippen LogP contribution < -0.4 is 14.8 Å². The van der Waals surface area contributed by atoms with E-state index < -0.39 is 10.0 Å². The SMILES string of the molecule is CNCCOc1ccc(S(=O)(=O)Nc2nccnn2)cc1. The van der Waals surface area contributed by atoms with Crippen molar-refractivity contribution < 1.29 is 13.2 Å². The molecule has 0 fully saturated rings. The zero-order valence-corrected chi connectivity index (χ0v) is 12.2. The fraction of sp³-hybridized carbons (Fsp3) is 0.250. The van der Waals surface area contributed by atoms with E-state index >= 15 is 0 Å². The minimum atomic E-state index is -3.74. The van der Waals surface area contributed by atoms with Gasteiger partial charge < -0.3 is 10.1 Å². The monoisotopic (exact) mass is 309 g/mol. The highest BCUT2D eigenvalue weighted by Crippen LogP contribution is 2.17. The third kappa shape index (κ3) is 4.36. The molecule has 1 aromatic carbocycles. The molecule has 0 saturated carbocycles. The summed E-state index contributed by atoms with van der Waals surface area (Å²) in [5, 5.41) is 10.1. The van der Waals surface area contributed by atoms with Crippen molar-refractivity contribution in [2.45, 2.75) is 4.90 Å². The minimum Gasteiger partial charge on any atom is -0.492 e. The third-order valence-corrected chi connectivity index (χ3v) is 3.81. The Morgan fingerprint density at radius 2 is 1.95 bits per heavy atom. The highest BCUT2D eigenvalue weighted by molar-refractivity contribution is 7.92. The molecule has 0 radical (unpaired) electrons. The average molecular weight is 309 g/mol. The maximum atomic E-state index is 12.1. The number of aromatic nitrogens is 3. The third-order valence-electron chi connectivity index (χ3n) is 2.46. The first-order valence-corrected chi connectivity index (χ1v) is 7.64. The highest BCUT2D eigenvalue weighted by Gasteiger charge is 2.15. The number of likely N-dealkylation sites (N-methyl/N-ethyl adjacent to an activating group) is 1. The number of nitrogens with zero attached hydrogens (tertiary/aromatic N) is 3. The van der Waals surface area contributed by atoms with Crippen molar-refractivity contribution in [2.75, 3.05) is 24.9 Å². The van der Waals surface area contributed by atoms with Gasteiger partial charge in [0.25, 0.3) is 16.0 Å². The van der Waals surface area contributed by atoms with Crippen LogP contribution in [0.25, 0.3) is 0 Å². The van der Waals surface area contributed by atoms with Gasteiger partial charge in [-0.15, -0.1) is 5.10 Å². The van der Waals surface area contributed by atoms with Crippen molar-refractivity contribution in [2.24, 2.45) is 0 Å². The Hall–Kier alpha value is -2.26. The van der Waals surface area contributed by atoms with Gasteiger partial charge in [0.05, 0.1) is 17.3 Å². The van der Waals surface area contributed by atoms with Gasteiger partial charge in [0.1, 0.15) is 12.4 Å². The number of anilines is 1. The molecule has 0 aliphatic carbocycles. The Kier molecular flexibility index (Phi) is 5.01. The molecule has 1 aromatic heterocycles. The van der Waals surface area contributed by atoms with E-state index in [1.807, 2.05) is 7.05 Å². The van der Waals surface area contributed by atoms with E-state index in [9.17, 15) is 8.42 Å². The minimum absolute atomic E-state index is 0.0770. The van der Waals surface area contributed by atoms with Crippen molar-refractivity contribution in [1.29, 1.82) is 0 Å². The molecule has 0 unspecified atom stereocenters. The van der Waals surface area contributed by atoms with Crippen LogP contribution in [0.3, 0.4) is 0 Å². The predicted octanol–water partition coefficient (Wildman–Crippen LogP) is 0.271. The van der Waals surface area contributed by atoms with E-state index in [1.165, 1.54) is 24.5 Å². The Balaban J connectivity index is 2.06. The van der Waals surface area contributed by atoms with Gasteiger partial charge in [-0.05, 0) is 31.3 Å². The number of benzene rings is 1. The van der Waals surface area contributed by atoms with E-state index in [0.717, 1.165) is 0 Å². The number of hydrogen-bond donors (Lipinski definition) is 2. The van der Waals surface area contributed by atoms with Gasteiger partial charge in [0.2, 0.25) is 0 Å². The van der Waals surface area contributed by atoms with Gasteiger partial charge in [-0.2, -0.15) is 5.10 Å². The fourth-order valence-corrected chi connectivity index (χ4v) is 2.41. The van der Waals surface area contributed by atoms with E-state index in [-0.39, 0.29) is 10.8 Å². The summed E-state index contributed by atoms with van der Waals surface area (Å²) in [4.78, 5) is 3.85. The van der Waals surface area contributed by atoms with Gasteiger partial charge in [0, 0.05) is 6.54 Å². The largest absolute Gasteiger partial charge is 0.492 e. The average Bonchev–Trinajstić information content (AvgIpc) is 2.49. The molecule has 0 spiro atoms. The first-order valence-electron chi connectivity index (χ1n) is 6.16. The van der Waals surface area contributed by atoms with Crippen LogP contribution >= 0.6 is 0 Å². The summed E-state index contributed by atoms with van der Waals surface area (Å²) in [6, 6.07) is 6.09. The summed E-state index contributed by atoms with van der Waals surface area (Å²) in [6.45, 7) is 1.21. The second-order valence-electron chi connectivity index (χ2n) is 4.00. The van der Waals surface area contributed by atoms with Crippen molar-refractivity contribution in [1.82, 2.24) is 20.5 Å². The summed E-state index contributed by atoms with van der Waals surface area (Å²) < 4.78 is 31.9. The number of hydrogen-bond acceptors (Lipinski definition) is 7. The summed E-state index contributed by atoms with van der Waals surface area (Å²) in [5.74, 6) is 0.522. The second kappa shape index (κ2) is 6.95. The highest BCUT2D eigenvalue weighted by atomic mass is 32.2. The Morgan fingerprint density at radius 1 is 1.19 bits per heavy atom. The van der Waals surface area contributed by atoms with Crippen molar-refractivity contribution in [3.8, 4) is 5.75 Å². The van der Waals surface area contributed by atoms with Gasteiger partial charge >= 0.3 is 0 Å². The van der Waals surface area contributed by atoms with Crippen LogP contribution in [0.5, 0.6) is 5.75 Å². The van der Waals surface area contributed by atoms with Crippen LogP contribution in [0.1, 0.15) is 0 Å². The van der Waals surface area contributed by atoms with Crippen LogP contribution in [0.4, 0.5) is 5.95 Å². The molecule has 0 bridgehead atoms.